The van der Waals surface area contributed by atoms with Gasteiger partial charge in [-0.05, 0) is 49.6 Å². The van der Waals surface area contributed by atoms with Gasteiger partial charge in [-0.1, -0.05) is 18.9 Å². The maximum Gasteiger partial charge on any atom is 0.259 e. The topological polar surface area (TPSA) is 94.2 Å². The summed E-state index contributed by atoms with van der Waals surface area (Å²) >= 11 is 0. The number of nitrogens with zero attached hydrogens (tertiary/aromatic N) is 1. The Morgan fingerprint density at radius 3 is 2.16 bits per heavy atom. The average molecular weight is 463 g/mol. The highest BCUT2D eigenvalue weighted by molar-refractivity contribution is 7.89. The lowest BCUT2D eigenvalue weighted by atomic mass is 10.1. The molecule has 1 N–H and O–H groups in total. The van der Waals surface area contributed by atoms with Crippen LogP contribution < -0.4 is 19.5 Å². The molecule has 1 saturated heterocycles. The molecule has 9 heteroatoms. The standard InChI is InChI=1S/C23H30N2O6S/c1-16-9-10-17(15-20(16)32(27,28)25-13-7-5-6-8-14-25)24-23(26)18-11-12-19(29-2)22(31-4)21(18)30-3/h9-12,15H,5-8,13-14H2,1-4H3,(H,24,26). The van der Waals surface area contributed by atoms with E-state index in [1.54, 1.807) is 35.5 Å². The fraction of sp³-hybridized carbons (Fsp3) is 0.435. The Hall–Kier alpha value is -2.78. The van der Waals surface area contributed by atoms with Gasteiger partial charge in [-0.3, -0.25) is 4.79 Å². The van der Waals surface area contributed by atoms with E-state index in [4.69, 9.17) is 14.2 Å². The number of aryl methyl sites for hydroxylation is 1. The minimum atomic E-state index is -3.65. The molecular formula is C23H30N2O6S. The summed E-state index contributed by atoms with van der Waals surface area (Å²) in [5.74, 6) is 0.511. The molecule has 1 aliphatic heterocycles. The van der Waals surface area contributed by atoms with Crippen molar-refractivity contribution in [1.82, 2.24) is 4.31 Å². The summed E-state index contributed by atoms with van der Waals surface area (Å²) in [6.45, 7) is 2.79. The van der Waals surface area contributed by atoms with Crippen molar-refractivity contribution in [3.63, 3.8) is 0 Å². The molecule has 0 atom stereocenters. The summed E-state index contributed by atoms with van der Waals surface area (Å²) in [5, 5.41) is 2.78. The maximum atomic E-state index is 13.3. The average Bonchev–Trinajstić information content (AvgIpc) is 3.09. The zero-order valence-corrected chi connectivity index (χ0v) is 19.8. The van der Waals surface area contributed by atoms with Gasteiger partial charge >= 0.3 is 0 Å². The second-order valence-corrected chi connectivity index (χ2v) is 9.54. The highest BCUT2D eigenvalue weighted by Crippen LogP contribution is 2.40. The SMILES string of the molecule is COc1ccc(C(=O)Nc2ccc(C)c(S(=O)(=O)N3CCCCCC3)c2)c(OC)c1OC. The van der Waals surface area contributed by atoms with E-state index in [2.05, 4.69) is 5.32 Å². The molecular weight excluding hydrogens is 432 g/mol. The van der Waals surface area contributed by atoms with E-state index in [-0.39, 0.29) is 16.2 Å². The summed E-state index contributed by atoms with van der Waals surface area (Å²) in [6, 6.07) is 8.08. The van der Waals surface area contributed by atoms with Crippen LogP contribution in [0, 0.1) is 6.92 Å². The number of sulfonamides is 1. The Morgan fingerprint density at radius 1 is 0.906 bits per heavy atom. The molecule has 3 rings (SSSR count). The van der Waals surface area contributed by atoms with Crippen LogP contribution in [-0.4, -0.2) is 53.0 Å². The van der Waals surface area contributed by atoms with E-state index in [9.17, 15) is 13.2 Å². The third kappa shape index (κ3) is 4.83. The number of methoxy groups -OCH3 is 3. The van der Waals surface area contributed by atoms with Crippen LogP contribution in [-0.2, 0) is 10.0 Å². The molecule has 1 amide bonds. The molecule has 0 radical (unpaired) electrons. The number of carbonyl (C=O) groups is 1. The van der Waals surface area contributed by atoms with Crippen molar-refractivity contribution < 1.29 is 27.4 Å². The van der Waals surface area contributed by atoms with Crippen LogP contribution in [0.3, 0.4) is 0 Å². The summed E-state index contributed by atoms with van der Waals surface area (Å²) in [4.78, 5) is 13.2. The van der Waals surface area contributed by atoms with Crippen molar-refractivity contribution in [3.8, 4) is 17.2 Å². The Labute approximate surface area is 189 Å². The lowest BCUT2D eigenvalue weighted by Gasteiger charge is -2.21. The van der Waals surface area contributed by atoms with Crippen molar-refractivity contribution in [2.45, 2.75) is 37.5 Å². The van der Waals surface area contributed by atoms with E-state index >= 15 is 0 Å². The molecule has 8 nitrogen and oxygen atoms in total. The van der Waals surface area contributed by atoms with Gasteiger partial charge in [0.25, 0.3) is 5.91 Å². The second kappa shape index (κ2) is 10.2. The van der Waals surface area contributed by atoms with Crippen molar-refractivity contribution >= 4 is 21.6 Å². The Bertz CT molecular complexity index is 1080. The fourth-order valence-electron chi connectivity index (χ4n) is 3.86. The first-order chi connectivity index (χ1) is 15.3. The van der Waals surface area contributed by atoms with E-state index < -0.39 is 15.9 Å². The Morgan fingerprint density at radius 2 is 1.56 bits per heavy atom. The molecule has 0 spiro atoms. The van der Waals surface area contributed by atoms with Crippen LogP contribution >= 0.6 is 0 Å². The summed E-state index contributed by atoms with van der Waals surface area (Å²) in [7, 11) is 0.742. The maximum absolute atomic E-state index is 13.3. The predicted octanol–water partition coefficient (Wildman–Crippen LogP) is 3.84. The number of anilines is 1. The normalized spacial score (nSPS) is 15.0. The van der Waals surface area contributed by atoms with Gasteiger partial charge in [0, 0.05) is 18.8 Å². The number of hydrogen-bond acceptors (Lipinski definition) is 6. The minimum Gasteiger partial charge on any atom is -0.493 e. The number of carbonyl (C=O) groups excluding carboxylic acids is 1. The van der Waals surface area contributed by atoms with Gasteiger partial charge in [-0.15, -0.1) is 0 Å². The van der Waals surface area contributed by atoms with Crippen LogP contribution in [0.4, 0.5) is 5.69 Å². The minimum absolute atomic E-state index is 0.205. The highest BCUT2D eigenvalue weighted by atomic mass is 32.2. The third-order valence-corrected chi connectivity index (χ3v) is 7.62. The van der Waals surface area contributed by atoms with Crippen LogP contribution in [0.5, 0.6) is 17.2 Å². The molecule has 0 aromatic heterocycles. The molecule has 1 fully saturated rings. The molecule has 174 valence electrons. The molecule has 0 aliphatic carbocycles. The number of amides is 1. The van der Waals surface area contributed by atoms with Gasteiger partial charge < -0.3 is 19.5 Å². The van der Waals surface area contributed by atoms with Gasteiger partial charge in [-0.25, -0.2) is 8.42 Å². The Kier molecular flexibility index (Phi) is 7.63. The number of benzene rings is 2. The molecule has 32 heavy (non-hydrogen) atoms. The van der Waals surface area contributed by atoms with Crippen molar-refractivity contribution in [2.75, 3.05) is 39.7 Å². The van der Waals surface area contributed by atoms with Gasteiger partial charge in [-0.2, -0.15) is 4.31 Å². The molecule has 2 aromatic rings. The molecule has 1 aliphatic rings. The first kappa shape index (κ1) is 23.9. The van der Waals surface area contributed by atoms with E-state index in [0.29, 0.717) is 35.8 Å². The first-order valence-electron chi connectivity index (χ1n) is 10.5. The van der Waals surface area contributed by atoms with Gasteiger partial charge in [0.1, 0.15) is 0 Å². The smallest absolute Gasteiger partial charge is 0.259 e. The number of ether oxygens (including phenoxy) is 3. The molecule has 1 heterocycles. The van der Waals surface area contributed by atoms with E-state index in [1.165, 1.54) is 27.4 Å². The van der Waals surface area contributed by atoms with Gasteiger partial charge in [0.15, 0.2) is 11.5 Å². The van der Waals surface area contributed by atoms with Gasteiger partial charge in [0.05, 0.1) is 31.8 Å². The van der Waals surface area contributed by atoms with Crippen LogP contribution in [0.2, 0.25) is 0 Å². The van der Waals surface area contributed by atoms with Crippen molar-refractivity contribution in [2.24, 2.45) is 0 Å². The zero-order valence-electron chi connectivity index (χ0n) is 18.9. The molecule has 0 unspecified atom stereocenters. The number of rotatable bonds is 7. The van der Waals surface area contributed by atoms with Crippen LogP contribution in [0.1, 0.15) is 41.6 Å². The van der Waals surface area contributed by atoms with E-state index in [0.717, 1.165) is 25.7 Å². The Balaban J connectivity index is 1.92. The number of nitrogens with one attached hydrogen (secondary N) is 1. The number of hydrogen-bond donors (Lipinski definition) is 1. The van der Waals surface area contributed by atoms with E-state index in [1.807, 2.05) is 0 Å². The van der Waals surface area contributed by atoms with Gasteiger partial charge in [0.2, 0.25) is 15.8 Å². The summed E-state index contributed by atoms with van der Waals surface area (Å²) in [5.41, 5.74) is 1.25. The lowest BCUT2D eigenvalue weighted by molar-refractivity contribution is 0.102. The first-order valence-corrected chi connectivity index (χ1v) is 12.0. The molecule has 0 saturated carbocycles. The fourth-order valence-corrected chi connectivity index (χ4v) is 5.62. The van der Waals surface area contributed by atoms with Crippen molar-refractivity contribution in [3.05, 3.63) is 41.5 Å². The van der Waals surface area contributed by atoms with Crippen LogP contribution in [0.15, 0.2) is 35.2 Å². The molecule has 2 aromatic carbocycles. The summed E-state index contributed by atoms with van der Waals surface area (Å²) < 4.78 is 44.1. The highest BCUT2D eigenvalue weighted by Gasteiger charge is 2.27. The predicted molar refractivity (Wildman–Crippen MR) is 122 cm³/mol. The second-order valence-electron chi connectivity index (χ2n) is 7.63. The monoisotopic (exact) mass is 462 g/mol. The summed E-state index contributed by atoms with van der Waals surface area (Å²) in [6.07, 6.45) is 3.78. The lowest BCUT2D eigenvalue weighted by Crippen LogP contribution is -2.32. The third-order valence-electron chi connectivity index (χ3n) is 5.58. The quantitative estimate of drug-likeness (QED) is 0.672. The molecule has 0 bridgehead atoms. The largest absolute Gasteiger partial charge is 0.493 e. The zero-order chi connectivity index (χ0) is 23.3. The van der Waals surface area contributed by atoms with Crippen LogP contribution in [0.25, 0.3) is 0 Å². The van der Waals surface area contributed by atoms with Crippen molar-refractivity contribution in [1.29, 1.82) is 0 Å².